The number of rotatable bonds is 2. The molecule has 2 nitrogen and oxygen atoms in total. The van der Waals surface area contributed by atoms with Gasteiger partial charge in [0.1, 0.15) is 18.2 Å². The van der Waals surface area contributed by atoms with Gasteiger partial charge in [-0.1, -0.05) is 70.0 Å². The fourth-order valence-corrected chi connectivity index (χ4v) is 5.53. The molecule has 0 spiro atoms. The first-order valence-electron chi connectivity index (χ1n) is 16.4. The minimum atomic E-state index is -2.77. The molecule has 6 rings (SSSR count). The zero-order chi connectivity index (χ0) is 32.4. The number of aryl methyl sites for hydroxylation is 3. The number of benzene rings is 3. The number of nitrogens with zero attached hydrogens (tertiary/aromatic N) is 1. The summed E-state index contributed by atoms with van der Waals surface area (Å²) in [5, 5.41) is 1.47. The van der Waals surface area contributed by atoms with Crippen LogP contribution >= 0.6 is 0 Å². The summed E-state index contributed by atoms with van der Waals surface area (Å²) in [6.45, 7) is -3.06. The van der Waals surface area contributed by atoms with E-state index in [2.05, 4.69) is 0 Å². The van der Waals surface area contributed by atoms with Crippen molar-refractivity contribution in [3.8, 4) is 22.4 Å². The maximum Gasteiger partial charge on any atom is 0.216 e. The standard InChI is InChI=1S/C32H32NO/c1-18(2)25-17-33(7)27(16-20(25)4)28-19(3)12-13-23-24-15-14-22-21-10-8-9-11-26(21)32(5,6)29(22)31(24)34-30(23)28/h8-18H,1-7H3/q+1/i1D3,4D3,5D3,18D. The SMILES string of the molecule is [2H]C([2H])([2H])c1cc(-c2c(C)ccc3c2oc2c4c(ccc23)-c2ccccc2C4(C)C([2H])([2H])[2H])[n+](C)cc1C([2H])(C)C([2H])([2H])[2H]. The lowest BCUT2D eigenvalue weighted by atomic mass is 9.82. The molecule has 0 aliphatic heterocycles. The van der Waals surface area contributed by atoms with Gasteiger partial charge in [0.15, 0.2) is 6.20 Å². The van der Waals surface area contributed by atoms with Crippen LogP contribution in [0, 0.1) is 13.8 Å². The quantitative estimate of drug-likeness (QED) is 0.245. The highest BCUT2D eigenvalue weighted by Gasteiger charge is 2.38. The van der Waals surface area contributed by atoms with Gasteiger partial charge in [-0.2, -0.15) is 0 Å². The Kier molecular flexibility index (Phi) is 2.68. The predicted octanol–water partition coefficient (Wildman–Crippen LogP) is 8.12. The third kappa shape index (κ3) is 2.72. The van der Waals surface area contributed by atoms with E-state index in [1.165, 1.54) is 19.2 Å². The van der Waals surface area contributed by atoms with Gasteiger partial charge in [-0.25, -0.2) is 4.57 Å². The van der Waals surface area contributed by atoms with Gasteiger partial charge >= 0.3 is 0 Å². The summed E-state index contributed by atoms with van der Waals surface area (Å²) in [5.41, 5.74) is 4.01. The fourth-order valence-electron chi connectivity index (χ4n) is 5.53. The Morgan fingerprint density at radius 3 is 2.59 bits per heavy atom. The molecule has 0 amide bonds. The number of pyridine rings is 1. The Morgan fingerprint density at radius 1 is 1.00 bits per heavy atom. The molecule has 0 fully saturated rings. The molecule has 2 unspecified atom stereocenters. The van der Waals surface area contributed by atoms with Crippen LogP contribution in [-0.2, 0) is 12.5 Å². The summed E-state index contributed by atoms with van der Waals surface area (Å²) >= 11 is 0. The van der Waals surface area contributed by atoms with Crippen LogP contribution in [0.3, 0.4) is 0 Å². The summed E-state index contributed by atoms with van der Waals surface area (Å²) in [4.78, 5) is 0. The first-order chi connectivity index (χ1) is 20.2. The Hall–Kier alpha value is -3.39. The van der Waals surface area contributed by atoms with Crippen molar-refractivity contribution in [3.63, 3.8) is 0 Å². The highest BCUT2D eigenvalue weighted by Crippen LogP contribution is 2.53. The normalized spacial score (nSPS) is 24.2. The molecule has 0 bridgehead atoms. The van der Waals surface area contributed by atoms with Crippen molar-refractivity contribution in [1.29, 1.82) is 0 Å². The molecule has 0 saturated heterocycles. The molecule has 0 N–H and O–H groups in total. The Labute approximate surface area is 215 Å². The van der Waals surface area contributed by atoms with Crippen molar-refractivity contribution in [2.24, 2.45) is 7.05 Å². The second kappa shape index (κ2) is 7.06. The van der Waals surface area contributed by atoms with Gasteiger partial charge in [0.05, 0.1) is 5.56 Å². The molecule has 2 aromatic heterocycles. The van der Waals surface area contributed by atoms with E-state index in [1.54, 1.807) is 18.5 Å². The molecule has 2 heterocycles. The zero-order valence-corrected chi connectivity index (χ0v) is 19.6. The topological polar surface area (TPSA) is 17.0 Å². The van der Waals surface area contributed by atoms with Crippen LogP contribution in [0.4, 0.5) is 0 Å². The molecule has 1 aliphatic carbocycles. The second-order valence-electron chi connectivity index (χ2n) is 9.49. The van der Waals surface area contributed by atoms with E-state index < -0.39 is 31.9 Å². The molecule has 2 heteroatoms. The monoisotopic (exact) mass is 456 g/mol. The third-order valence-electron chi connectivity index (χ3n) is 7.21. The van der Waals surface area contributed by atoms with E-state index in [9.17, 15) is 0 Å². The lowest BCUT2D eigenvalue weighted by Gasteiger charge is -2.21. The van der Waals surface area contributed by atoms with Crippen molar-refractivity contribution in [2.75, 3.05) is 0 Å². The molecule has 5 aromatic rings. The maximum atomic E-state index is 8.68. The van der Waals surface area contributed by atoms with Gasteiger partial charge in [-0.15, -0.1) is 0 Å². The highest BCUT2D eigenvalue weighted by atomic mass is 16.3. The summed E-state index contributed by atoms with van der Waals surface area (Å²) in [5.74, 6) is -2.18. The molecule has 0 saturated carbocycles. The van der Waals surface area contributed by atoms with Gasteiger partial charge in [-0.05, 0) is 53.6 Å². The van der Waals surface area contributed by atoms with Crippen LogP contribution in [0.5, 0.6) is 0 Å². The number of fused-ring (bicyclic) bond motifs is 7. The second-order valence-corrected chi connectivity index (χ2v) is 9.49. The highest BCUT2D eigenvalue weighted by molar-refractivity contribution is 6.12. The van der Waals surface area contributed by atoms with Crippen LogP contribution in [0.2, 0.25) is 0 Å². The van der Waals surface area contributed by atoms with E-state index >= 15 is 0 Å². The molecule has 2 atom stereocenters. The van der Waals surface area contributed by atoms with Gasteiger partial charge in [0.25, 0.3) is 0 Å². The number of hydrogen-bond acceptors (Lipinski definition) is 1. The maximum absolute atomic E-state index is 8.68. The smallest absolute Gasteiger partial charge is 0.216 e. The average molecular weight is 457 g/mol. The first-order valence-corrected chi connectivity index (χ1v) is 11.4. The van der Waals surface area contributed by atoms with Crippen LogP contribution < -0.4 is 4.57 Å². The van der Waals surface area contributed by atoms with E-state index in [4.69, 9.17) is 18.1 Å². The molecule has 170 valence electrons. The molecule has 3 aromatic carbocycles. The molecule has 1 aliphatic rings. The average Bonchev–Trinajstić information content (AvgIpc) is 3.41. The Balaban J connectivity index is 1.70. The van der Waals surface area contributed by atoms with Crippen molar-refractivity contribution in [3.05, 3.63) is 88.6 Å². The van der Waals surface area contributed by atoms with Crippen LogP contribution in [0.25, 0.3) is 44.3 Å². The third-order valence-corrected chi connectivity index (χ3v) is 7.21. The summed E-state index contributed by atoms with van der Waals surface area (Å²) in [7, 11) is 1.68. The van der Waals surface area contributed by atoms with Crippen LogP contribution in [0.15, 0.2) is 65.2 Å². The Morgan fingerprint density at radius 2 is 1.79 bits per heavy atom. The lowest BCUT2D eigenvalue weighted by Crippen LogP contribution is -2.32. The number of furan rings is 1. The predicted molar refractivity (Wildman–Crippen MR) is 141 cm³/mol. The van der Waals surface area contributed by atoms with Gasteiger partial charge in [-0.3, -0.25) is 0 Å². The van der Waals surface area contributed by atoms with Gasteiger partial charge in [0, 0.05) is 47.1 Å². The Bertz CT molecular complexity index is 2000. The summed E-state index contributed by atoms with van der Waals surface area (Å²) in [6.07, 6.45) is 1.41. The van der Waals surface area contributed by atoms with E-state index in [-0.39, 0.29) is 11.1 Å². The van der Waals surface area contributed by atoms with Crippen LogP contribution in [-0.4, -0.2) is 0 Å². The summed E-state index contributed by atoms with van der Waals surface area (Å²) < 4.78 is 91.5. The van der Waals surface area contributed by atoms with Crippen molar-refractivity contribution in [2.45, 2.75) is 52.6 Å². The van der Waals surface area contributed by atoms with E-state index in [1.807, 2.05) is 55.5 Å². The lowest BCUT2D eigenvalue weighted by molar-refractivity contribution is -0.660. The van der Waals surface area contributed by atoms with Crippen molar-refractivity contribution < 1.29 is 22.7 Å². The van der Waals surface area contributed by atoms with Crippen LogP contribution in [0.1, 0.15) is 75.0 Å². The minimum absolute atomic E-state index is 0.109. The first kappa shape index (κ1) is 12.9. The zero-order valence-electron chi connectivity index (χ0n) is 29.6. The van der Waals surface area contributed by atoms with Gasteiger partial charge < -0.3 is 4.42 Å². The molecular formula is C32H32NO+. The molecular weight excluding hydrogens is 414 g/mol. The number of aromatic nitrogens is 1. The van der Waals surface area contributed by atoms with Gasteiger partial charge in [0.2, 0.25) is 5.69 Å². The van der Waals surface area contributed by atoms with E-state index in [0.29, 0.717) is 33.6 Å². The fraction of sp³-hybridized carbons (Fsp3) is 0.281. The number of hydrogen-bond donors (Lipinski definition) is 0. The van der Waals surface area contributed by atoms with Crippen molar-refractivity contribution in [1.82, 2.24) is 0 Å². The summed E-state index contributed by atoms with van der Waals surface area (Å²) in [6, 6.07) is 16.6. The largest absolute Gasteiger partial charge is 0.455 e. The van der Waals surface area contributed by atoms with Crippen molar-refractivity contribution >= 4 is 21.9 Å². The van der Waals surface area contributed by atoms with E-state index in [0.717, 1.165) is 27.5 Å². The molecule has 0 radical (unpaired) electrons. The minimum Gasteiger partial charge on any atom is -0.455 e. The molecule has 34 heavy (non-hydrogen) atoms.